The molecule has 0 heteroatoms. The van der Waals surface area contributed by atoms with E-state index in [4.69, 9.17) is 0 Å². The first-order valence-corrected chi connectivity index (χ1v) is 9.98. The Balaban J connectivity index is 1.71. The van der Waals surface area contributed by atoms with E-state index in [1.165, 1.54) is 54.0 Å². The molecule has 1 spiro atoms. The van der Waals surface area contributed by atoms with Gasteiger partial charge in [-0.2, -0.15) is 0 Å². The van der Waals surface area contributed by atoms with Crippen molar-refractivity contribution in [1.29, 1.82) is 0 Å². The summed E-state index contributed by atoms with van der Waals surface area (Å²) in [6.07, 6.45) is 6.77. The lowest BCUT2D eigenvalue weighted by molar-refractivity contribution is 0.418. The molecule has 0 amide bonds. The summed E-state index contributed by atoms with van der Waals surface area (Å²) in [4.78, 5) is 0. The minimum Gasteiger partial charge on any atom is -0.0654 e. The van der Waals surface area contributed by atoms with Crippen molar-refractivity contribution < 1.29 is 0 Å². The number of benzene rings is 3. The second-order valence-corrected chi connectivity index (χ2v) is 8.52. The average Bonchev–Trinajstić information content (AvgIpc) is 3.34. The van der Waals surface area contributed by atoms with Crippen LogP contribution in [0.25, 0.3) is 21.9 Å². The molecule has 3 aromatic rings. The lowest BCUT2D eigenvalue weighted by Gasteiger charge is -2.31. The van der Waals surface area contributed by atoms with Crippen LogP contribution < -0.4 is 0 Å². The van der Waals surface area contributed by atoms with Gasteiger partial charge in [0, 0.05) is 5.41 Å². The van der Waals surface area contributed by atoms with Crippen molar-refractivity contribution in [2.24, 2.45) is 11.8 Å². The third-order valence-electron chi connectivity index (χ3n) is 7.20. The van der Waals surface area contributed by atoms with Crippen LogP contribution in [-0.2, 0) is 11.8 Å². The molecule has 0 bridgehead atoms. The van der Waals surface area contributed by atoms with E-state index >= 15 is 0 Å². The minimum atomic E-state index is 0.322. The van der Waals surface area contributed by atoms with Crippen molar-refractivity contribution in [2.75, 3.05) is 0 Å². The lowest BCUT2D eigenvalue weighted by atomic mass is 9.72. The van der Waals surface area contributed by atoms with Gasteiger partial charge >= 0.3 is 0 Å². The number of hydrogen-bond acceptors (Lipinski definition) is 0. The quantitative estimate of drug-likeness (QED) is 0.505. The van der Waals surface area contributed by atoms with Crippen LogP contribution in [-0.4, -0.2) is 0 Å². The van der Waals surface area contributed by atoms with E-state index in [-0.39, 0.29) is 0 Å². The summed E-state index contributed by atoms with van der Waals surface area (Å²) in [7, 11) is 0. The zero-order valence-electron chi connectivity index (χ0n) is 14.9. The van der Waals surface area contributed by atoms with Crippen molar-refractivity contribution in [3.8, 4) is 11.1 Å². The Labute approximate surface area is 149 Å². The predicted molar refractivity (Wildman–Crippen MR) is 105 cm³/mol. The topological polar surface area (TPSA) is 0 Å². The zero-order chi connectivity index (χ0) is 16.6. The zero-order valence-corrected chi connectivity index (χ0v) is 14.9. The molecule has 3 atom stereocenters. The van der Waals surface area contributed by atoms with Gasteiger partial charge in [-0.15, -0.1) is 0 Å². The highest BCUT2D eigenvalue weighted by Crippen LogP contribution is 2.68. The Morgan fingerprint density at radius 3 is 2.64 bits per heavy atom. The average molecular weight is 324 g/mol. The van der Waals surface area contributed by atoms with Gasteiger partial charge in [-0.05, 0) is 69.7 Å². The van der Waals surface area contributed by atoms with Gasteiger partial charge in [0.2, 0.25) is 0 Å². The number of hydrogen-bond donors (Lipinski definition) is 0. The predicted octanol–water partition coefficient (Wildman–Crippen LogP) is 6.49. The first-order chi connectivity index (χ1) is 12.3. The van der Waals surface area contributed by atoms with Crippen LogP contribution in [0.15, 0.2) is 54.6 Å². The maximum absolute atomic E-state index is 2.44. The second kappa shape index (κ2) is 4.75. The maximum atomic E-state index is 2.44. The molecule has 1 saturated carbocycles. The van der Waals surface area contributed by atoms with Crippen molar-refractivity contribution in [3.05, 3.63) is 71.3 Å². The molecular weight excluding hydrogens is 300 g/mol. The molecule has 0 radical (unpaired) electrons. The normalized spacial score (nSPS) is 28.2. The van der Waals surface area contributed by atoms with E-state index in [9.17, 15) is 0 Å². The molecule has 3 aliphatic carbocycles. The summed E-state index contributed by atoms with van der Waals surface area (Å²) in [5, 5.41) is 2.95. The molecular formula is C25H24. The van der Waals surface area contributed by atoms with Gasteiger partial charge in [0.1, 0.15) is 0 Å². The van der Waals surface area contributed by atoms with Gasteiger partial charge in [0.15, 0.2) is 0 Å². The smallest absolute Gasteiger partial charge is 0.0249 e. The molecule has 0 nitrogen and oxygen atoms in total. The van der Waals surface area contributed by atoms with E-state index in [2.05, 4.69) is 61.5 Å². The van der Waals surface area contributed by atoms with Gasteiger partial charge in [-0.25, -0.2) is 0 Å². The summed E-state index contributed by atoms with van der Waals surface area (Å²) in [6.45, 7) is 2.34. The highest BCUT2D eigenvalue weighted by molar-refractivity contribution is 6.04. The van der Waals surface area contributed by atoms with Crippen LogP contribution >= 0.6 is 0 Å². The van der Waals surface area contributed by atoms with Gasteiger partial charge in [0.25, 0.3) is 0 Å². The fourth-order valence-electron chi connectivity index (χ4n) is 6.27. The second-order valence-electron chi connectivity index (χ2n) is 8.52. The Bertz CT molecular complexity index is 1010. The van der Waals surface area contributed by atoms with Crippen LogP contribution in [0.2, 0.25) is 0 Å². The van der Waals surface area contributed by atoms with Gasteiger partial charge in [0.05, 0.1) is 0 Å². The summed E-state index contributed by atoms with van der Waals surface area (Å²) < 4.78 is 0. The standard InChI is InChI=1S/C25H24/c1-2-6-16-13-18-9-4-11-21-20-10-3-7-17-8-5-12-22(23(17)20)25(24(18)21)15-19(25)14-16/h3-5,7-12,16,19H,2,6,13-15H2,1H3. The van der Waals surface area contributed by atoms with E-state index in [1.807, 2.05) is 0 Å². The largest absolute Gasteiger partial charge is 0.0654 e. The van der Waals surface area contributed by atoms with Crippen LogP contribution in [0, 0.1) is 11.8 Å². The molecule has 25 heavy (non-hydrogen) atoms. The molecule has 0 N–H and O–H groups in total. The van der Waals surface area contributed by atoms with Gasteiger partial charge < -0.3 is 0 Å². The van der Waals surface area contributed by atoms with Crippen LogP contribution in [0.4, 0.5) is 0 Å². The molecule has 0 aliphatic heterocycles. The third-order valence-corrected chi connectivity index (χ3v) is 7.20. The molecule has 0 saturated heterocycles. The first kappa shape index (κ1) is 14.1. The van der Waals surface area contributed by atoms with Crippen molar-refractivity contribution >= 4 is 10.8 Å². The molecule has 124 valence electrons. The van der Waals surface area contributed by atoms with Crippen LogP contribution in [0.5, 0.6) is 0 Å². The molecule has 3 aliphatic rings. The molecule has 3 aromatic carbocycles. The van der Waals surface area contributed by atoms with Crippen molar-refractivity contribution in [3.63, 3.8) is 0 Å². The Hall–Kier alpha value is -2.08. The Morgan fingerprint density at radius 2 is 1.76 bits per heavy atom. The van der Waals surface area contributed by atoms with Crippen molar-refractivity contribution in [2.45, 2.75) is 44.4 Å². The molecule has 6 rings (SSSR count). The Kier molecular flexibility index (Phi) is 2.69. The van der Waals surface area contributed by atoms with E-state index in [1.54, 1.807) is 16.7 Å². The number of fused-ring (bicyclic) bond motifs is 1. The van der Waals surface area contributed by atoms with Crippen LogP contribution in [0.1, 0.15) is 49.3 Å². The van der Waals surface area contributed by atoms with Crippen LogP contribution in [0.3, 0.4) is 0 Å². The molecule has 0 aromatic heterocycles. The maximum Gasteiger partial charge on any atom is 0.0249 e. The minimum absolute atomic E-state index is 0.322. The fraction of sp³-hybridized carbons (Fsp3) is 0.360. The molecule has 0 heterocycles. The fourth-order valence-corrected chi connectivity index (χ4v) is 6.27. The van der Waals surface area contributed by atoms with E-state index < -0.39 is 0 Å². The summed E-state index contributed by atoms with van der Waals surface area (Å²) >= 11 is 0. The Morgan fingerprint density at radius 1 is 0.960 bits per heavy atom. The highest BCUT2D eigenvalue weighted by atomic mass is 14.6. The van der Waals surface area contributed by atoms with E-state index in [0.717, 1.165) is 11.8 Å². The SMILES string of the molecule is CCCC1Cc2cccc3c2C2(CC2C1)c1cccc2cccc-3c12. The number of rotatable bonds is 2. The van der Waals surface area contributed by atoms with Gasteiger partial charge in [-0.3, -0.25) is 0 Å². The first-order valence-electron chi connectivity index (χ1n) is 9.98. The molecule has 3 unspecified atom stereocenters. The monoisotopic (exact) mass is 324 g/mol. The van der Waals surface area contributed by atoms with E-state index in [0.29, 0.717) is 5.41 Å². The van der Waals surface area contributed by atoms with Crippen molar-refractivity contribution in [1.82, 2.24) is 0 Å². The summed E-state index contributed by atoms with van der Waals surface area (Å²) in [6, 6.07) is 21.0. The summed E-state index contributed by atoms with van der Waals surface area (Å²) in [5.74, 6) is 1.72. The lowest BCUT2D eigenvalue weighted by Crippen LogP contribution is -2.19. The highest BCUT2D eigenvalue weighted by Gasteiger charge is 2.61. The third kappa shape index (κ3) is 1.68. The summed E-state index contributed by atoms with van der Waals surface area (Å²) in [5.41, 5.74) is 8.29. The van der Waals surface area contributed by atoms with Gasteiger partial charge in [-0.1, -0.05) is 74.4 Å². The molecule has 1 fully saturated rings.